The number of nitrogens with zero attached hydrogens (tertiary/aromatic N) is 1. The highest BCUT2D eigenvalue weighted by Crippen LogP contribution is 2.44. The lowest BCUT2D eigenvalue weighted by Gasteiger charge is -2.20. The molecule has 2 rings (SSSR count). The van der Waals surface area contributed by atoms with Crippen LogP contribution in [0.2, 0.25) is 0 Å². The summed E-state index contributed by atoms with van der Waals surface area (Å²) in [6.07, 6.45) is 3.47. The van der Waals surface area contributed by atoms with Gasteiger partial charge in [0.05, 0.1) is 5.69 Å². The Morgan fingerprint density at radius 1 is 1.69 bits per heavy atom. The van der Waals surface area contributed by atoms with Crippen LogP contribution >= 0.6 is 23.1 Å². The summed E-state index contributed by atoms with van der Waals surface area (Å²) in [5, 5.41) is 0.368. The summed E-state index contributed by atoms with van der Waals surface area (Å²) in [5.74, 6) is 0. The number of hydrogen-bond acceptors (Lipinski definition) is 2. The topological polar surface area (TPSA) is 12.9 Å². The van der Waals surface area contributed by atoms with Gasteiger partial charge in [-0.3, -0.25) is 0 Å². The van der Waals surface area contributed by atoms with Crippen molar-refractivity contribution in [2.24, 2.45) is 0 Å². The van der Waals surface area contributed by atoms with Gasteiger partial charge in [-0.05, 0) is 43.8 Å². The number of hydrogen-bond donors (Lipinski definition) is 0. The Balaban J connectivity index is 2.25. The molecule has 0 aliphatic heterocycles. The molecule has 0 N–H and O–H groups in total. The fourth-order valence-electron chi connectivity index (χ4n) is 2.04. The van der Waals surface area contributed by atoms with E-state index in [9.17, 15) is 0 Å². The maximum absolute atomic E-state index is 6.14. The Morgan fingerprint density at radius 3 is 2.92 bits per heavy atom. The van der Waals surface area contributed by atoms with Crippen LogP contribution in [0.3, 0.4) is 0 Å². The summed E-state index contributed by atoms with van der Waals surface area (Å²) in [7, 11) is 0. The van der Waals surface area contributed by atoms with Gasteiger partial charge in [0, 0.05) is 15.7 Å². The van der Waals surface area contributed by atoms with Crippen molar-refractivity contribution >= 4 is 23.1 Å². The van der Waals surface area contributed by atoms with Gasteiger partial charge in [-0.1, -0.05) is 6.92 Å². The molecular weight excluding hydrogens is 202 g/mol. The van der Waals surface area contributed by atoms with Gasteiger partial charge in [-0.25, -0.2) is 0 Å². The van der Waals surface area contributed by atoms with Crippen LogP contribution in [0.5, 0.6) is 0 Å². The van der Waals surface area contributed by atoms with Crippen molar-refractivity contribution in [2.75, 3.05) is 0 Å². The van der Waals surface area contributed by atoms with E-state index in [1.807, 2.05) is 0 Å². The Labute approximate surface area is 88.3 Å². The molecule has 0 saturated heterocycles. The molecule has 1 aliphatic carbocycles. The summed E-state index contributed by atoms with van der Waals surface area (Å²) in [6.45, 7) is 4.36. The second-order valence-electron chi connectivity index (χ2n) is 4.23. The van der Waals surface area contributed by atoms with Crippen LogP contribution in [0.1, 0.15) is 36.8 Å². The first kappa shape index (κ1) is 9.47. The molecule has 0 spiro atoms. The first-order chi connectivity index (χ1) is 6.10. The van der Waals surface area contributed by atoms with Gasteiger partial charge in [0.25, 0.3) is 0 Å². The molecule has 1 fully saturated rings. The van der Waals surface area contributed by atoms with Crippen molar-refractivity contribution in [1.29, 1.82) is 0 Å². The van der Waals surface area contributed by atoms with Gasteiger partial charge in [-0.2, -0.15) is 4.37 Å². The van der Waals surface area contributed by atoms with Gasteiger partial charge >= 0.3 is 0 Å². The van der Waals surface area contributed by atoms with E-state index in [0.29, 0.717) is 10.8 Å². The van der Waals surface area contributed by atoms with E-state index in [2.05, 4.69) is 24.3 Å². The molecule has 1 aromatic heterocycles. The van der Waals surface area contributed by atoms with Crippen LogP contribution in [0.25, 0.3) is 0 Å². The summed E-state index contributed by atoms with van der Waals surface area (Å²) in [5.41, 5.74) is 1.44. The Kier molecular flexibility index (Phi) is 2.37. The minimum absolute atomic E-state index is 0.304. The predicted molar refractivity (Wildman–Crippen MR) is 57.7 cm³/mol. The molecule has 1 heterocycles. The van der Waals surface area contributed by atoms with Gasteiger partial charge in [0.15, 0.2) is 0 Å². The first-order valence-electron chi connectivity index (χ1n) is 4.68. The summed E-state index contributed by atoms with van der Waals surface area (Å²) in [6, 6.07) is 2.21. The average Bonchev–Trinajstić information content (AvgIpc) is 2.60. The lowest BCUT2D eigenvalue weighted by atomic mass is 9.87. The number of alkyl halides is 1. The highest BCUT2D eigenvalue weighted by molar-refractivity contribution is 7.06. The lowest BCUT2D eigenvalue weighted by Crippen LogP contribution is -2.15. The first-order valence-corrected chi connectivity index (χ1v) is 5.89. The van der Waals surface area contributed by atoms with Crippen LogP contribution < -0.4 is 0 Å². The number of halogens is 1. The fraction of sp³-hybridized carbons (Fsp3) is 0.700. The summed E-state index contributed by atoms with van der Waals surface area (Å²) < 4.78 is 4.33. The Bertz CT molecular complexity index is 310. The van der Waals surface area contributed by atoms with Gasteiger partial charge < -0.3 is 0 Å². The third-order valence-corrected chi connectivity index (χ3v) is 4.46. The van der Waals surface area contributed by atoms with E-state index >= 15 is 0 Å². The second-order valence-corrected chi connectivity index (χ2v) is 5.66. The van der Waals surface area contributed by atoms with Crippen LogP contribution in [-0.4, -0.2) is 9.75 Å². The van der Waals surface area contributed by atoms with Gasteiger partial charge in [-0.15, -0.1) is 11.6 Å². The third kappa shape index (κ3) is 1.75. The van der Waals surface area contributed by atoms with Crippen molar-refractivity contribution in [3.8, 4) is 0 Å². The maximum atomic E-state index is 6.14. The second kappa shape index (κ2) is 3.25. The average molecular weight is 216 g/mol. The molecule has 2 unspecified atom stereocenters. The zero-order valence-electron chi connectivity index (χ0n) is 8.01. The fourth-order valence-corrected chi connectivity index (χ4v) is 3.41. The zero-order chi connectivity index (χ0) is 9.47. The predicted octanol–water partition coefficient (Wildman–Crippen LogP) is 3.50. The molecule has 72 valence electrons. The highest BCUT2D eigenvalue weighted by Gasteiger charge is 2.36. The molecule has 3 heteroatoms. The van der Waals surface area contributed by atoms with Crippen LogP contribution in [0, 0.1) is 6.92 Å². The van der Waals surface area contributed by atoms with Crippen molar-refractivity contribution < 1.29 is 0 Å². The van der Waals surface area contributed by atoms with E-state index in [4.69, 9.17) is 11.6 Å². The van der Waals surface area contributed by atoms with Crippen molar-refractivity contribution in [3.63, 3.8) is 0 Å². The SMILES string of the molecule is Cc1cc(C2(C)CCC(Cl)C2)sn1. The molecular formula is C10H14ClNS. The summed E-state index contributed by atoms with van der Waals surface area (Å²) in [4.78, 5) is 1.41. The van der Waals surface area contributed by atoms with E-state index in [-0.39, 0.29) is 0 Å². The minimum Gasteiger partial charge on any atom is -0.198 e. The highest BCUT2D eigenvalue weighted by atomic mass is 35.5. The maximum Gasteiger partial charge on any atom is 0.0514 e. The molecule has 13 heavy (non-hydrogen) atoms. The smallest absolute Gasteiger partial charge is 0.0514 e. The van der Waals surface area contributed by atoms with Crippen molar-refractivity contribution in [1.82, 2.24) is 4.37 Å². The van der Waals surface area contributed by atoms with Gasteiger partial charge in [0.1, 0.15) is 0 Å². The molecule has 0 bridgehead atoms. The molecule has 1 aliphatic rings. The van der Waals surface area contributed by atoms with Crippen molar-refractivity contribution in [2.45, 2.75) is 43.9 Å². The molecule has 2 atom stereocenters. The largest absolute Gasteiger partial charge is 0.198 e. The van der Waals surface area contributed by atoms with E-state index < -0.39 is 0 Å². The van der Waals surface area contributed by atoms with E-state index in [1.54, 1.807) is 11.5 Å². The zero-order valence-corrected chi connectivity index (χ0v) is 9.58. The van der Waals surface area contributed by atoms with Crippen molar-refractivity contribution in [3.05, 3.63) is 16.6 Å². The molecule has 0 aromatic carbocycles. The minimum atomic E-state index is 0.304. The van der Waals surface area contributed by atoms with E-state index in [1.165, 1.54) is 11.3 Å². The normalized spacial score (nSPS) is 33.9. The molecule has 1 saturated carbocycles. The molecule has 1 aromatic rings. The molecule has 0 amide bonds. The Hall–Kier alpha value is -0.0800. The van der Waals surface area contributed by atoms with Crippen LogP contribution in [-0.2, 0) is 5.41 Å². The number of aryl methyl sites for hydroxylation is 1. The molecule has 0 radical (unpaired) electrons. The third-order valence-electron chi connectivity index (χ3n) is 2.90. The summed E-state index contributed by atoms with van der Waals surface area (Å²) >= 11 is 7.78. The van der Waals surface area contributed by atoms with Crippen LogP contribution in [0.15, 0.2) is 6.07 Å². The van der Waals surface area contributed by atoms with Gasteiger partial charge in [0.2, 0.25) is 0 Å². The standard InChI is InChI=1S/C10H14ClNS/c1-7-5-9(13-12-7)10(2)4-3-8(11)6-10/h5,8H,3-4,6H2,1-2H3. The van der Waals surface area contributed by atoms with E-state index in [0.717, 1.165) is 18.5 Å². The Morgan fingerprint density at radius 2 is 2.46 bits per heavy atom. The lowest BCUT2D eigenvalue weighted by molar-refractivity contribution is 0.502. The monoisotopic (exact) mass is 215 g/mol. The van der Waals surface area contributed by atoms with Crippen LogP contribution in [0.4, 0.5) is 0 Å². The quantitative estimate of drug-likeness (QED) is 0.654. The number of aromatic nitrogens is 1. The molecule has 1 nitrogen and oxygen atoms in total. The number of rotatable bonds is 1.